The zero-order valence-electron chi connectivity index (χ0n) is 26.3. The minimum absolute atomic E-state index is 0.0168. The maximum atomic E-state index is 13.8. The molecule has 0 spiro atoms. The van der Waals surface area contributed by atoms with Crippen LogP contribution in [0.1, 0.15) is 66.7 Å². The Hall–Kier alpha value is -2.01. The zero-order valence-corrected chi connectivity index (χ0v) is 26.3. The molecule has 238 valence electrons. The number of epoxide rings is 1. The van der Waals surface area contributed by atoms with Crippen LogP contribution in [0.2, 0.25) is 0 Å². The third kappa shape index (κ3) is 9.00. The Morgan fingerprint density at radius 3 is 1.88 bits per heavy atom. The number of hydrogen-bond donors (Lipinski definition) is 0. The fourth-order valence-corrected chi connectivity index (χ4v) is 5.90. The highest BCUT2D eigenvalue weighted by Crippen LogP contribution is 2.43. The Kier molecular flexibility index (Phi) is 11.5. The first-order chi connectivity index (χ1) is 19.9. The molecule has 8 unspecified atom stereocenters. The van der Waals surface area contributed by atoms with E-state index < -0.39 is 41.8 Å². The molecule has 0 saturated carbocycles. The lowest BCUT2D eigenvalue weighted by Crippen LogP contribution is -2.47. The van der Waals surface area contributed by atoms with Crippen molar-refractivity contribution in [3.63, 3.8) is 0 Å². The molecule has 0 N–H and O–H groups in total. The molecule has 0 amide bonds. The van der Waals surface area contributed by atoms with E-state index in [0.717, 1.165) is 13.1 Å². The van der Waals surface area contributed by atoms with Gasteiger partial charge in [-0.2, -0.15) is 0 Å². The lowest BCUT2D eigenvalue weighted by Gasteiger charge is -2.41. The molecular weight excluding hydrogens is 542 g/mol. The van der Waals surface area contributed by atoms with Gasteiger partial charge in [0.05, 0.1) is 37.6 Å². The highest BCUT2D eigenvalue weighted by molar-refractivity contribution is 5.83. The van der Waals surface area contributed by atoms with E-state index in [2.05, 4.69) is 37.9 Å². The highest BCUT2D eigenvalue weighted by atomic mass is 16.7. The fraction of sp³-hybridized carbons (Fsp3) is 0.844. The van der Waals surface area contributed by atoms with E-state index in [1.54, 1.807) is 0 Å². The summed E-state index contributed by atoms with van der Waals surface area (Å²) in [6, 6.07) is 0. The summed E-state index contributed by atoms with van der Waals surface area (Å²) in [5.41, 5.74) is -0.396. The van der Waals surface area contributed by atoms with Gasteiger partial charge in [-0.3, -0.25) is 14.4 Å². The van der Waals surface area contributed by atoms with Gasteiger partial charge in [0, 0.05) is 19.4 Å². The molecule has 10 nitrogen and oxygen atoms in total. The normalized spacial score (nSPS) is 31.2. The van der Waals surface area contributed by atoms with Crippen molar-refractivity contribution in [3.8, 4) is 0 Å². The van der Waals surface area contributed by atoms with Crippen molar-refractivity contribution in [2.75, 3.05) is 46.6 Å². The van der Waals surface area contributed by atoms with Crippen molar-refractivity contribution < 1.29 is 42.8 Å². The third-order valence-corrected chi connectivity index (χ3v) is 9.25. The van der Waals surface area contributed by atoms with Crippen molar-refractivity contribution in [1.82, 2.24) is 4.90 Å². The Morgan fingerprint density at radius 2 is 1.43 bits per heavy atom. The monoisotopic (exact) mass is 593 g/mol. The Morgan fingerprint density at radius 1 is 0.905 bits per heavy atom. The summed E-state index contributed by atoms with van der Waals surface area (Å²) in [5, 5.41) is 0. The number of hydrogen-bond acceptors (Lipinski definition) is 10. The minimum Gasteiger partial charge on any atom is -0.463 e. The molecule has 3 saturated heterocycles. The summed E-state index contributed by atoms with van der Waals surface area (Å²) < 4.78 is 32.9. The summed E-state index contributed by atoms with van der Waals surface area (Å²) in [6.07, 6.45) is 6.30. The summed E-state index contributed by atoms with van der Waals surface area (Å²) >= 11 is 0. The second kappa shape index (κ2) is 14.6. The van der Waals surface area contributed by atoms with Crippen LogP contribution in [0.15, 0.2) is 12.2 Å². The smallest absolute Gasteiger partial charge is 0.312 e. The molecule has 0 radical (unpaired) electrons. The Balaban J connectivity index is 1.51. The molecule has 4 rings (SSSR count). The number of allylic oxidation sites excluding steroid dienone is 2. The maximum absolute atomic E-state index is 13.8. The molecular formula is C32H51NO9. The first kappa shape index (κ1) is 32.9. The number of ether oxygens (including phenoxy) is 6. The van der Waals surface area contributed by atoms with Gasteiger partial charge in [-0.15, -0.1) is 0 Å². The first-order valence-corrected chi connectivity index (χ1v) is 15.7. The predicted octanol–water partition coefficient (Wildman–Crippen LogP) is 3.96. The van der Waals surface area contributed by atoms with E-state index in [-0.39, 0.29) is 36.4 Å². The number of carbonyl (C=O) groups excluding carboxylic acids is 3. The summed E-state index contributed by atoms with van der Waals surface area (Å²) in [5.74, 6) is -2.79. The minimum atomic E-state index is -0.725. The van der Waals surface area contributed by atoms with Gasteiger partial charge in [0.15, 0.2) is 0 Å². The standard InChI is InChI=1S/C32H51NO9/c1-20(2)17-33(6)14-10-23-8-7-22(9-13-32(4,5)21(3)29(34)40-19-24-18-39-24)27(30(35)41-25-11-15-37-25)28(23)31(36)42-26-12-16-38-26/h7-8,20-28H,9-19H2,1-6H3. The SMILES string of the molecule is CC(C)CN(C)CCC1C=CC(CCC(C)(C)C(C)C(=O)OCC2CO2)C(C(=O)OC2CCO2)C1C(=O)OC1CCO1. The van der Waals surface area contributed by atoms with Gasteiger partial charge >= 0.3 is 17.9 Å². The fourth-order valence-electron chi connectivity index (χ4n) is 5.90. The number of carbonyl (C=O) groups is 3. The van der Waals surface area contributed by atoms with E-state index in [1.165, 1.54) is 0 Å². The lowest BCUT2D eigenvalue weighted by molar-refractivity contribution is -0.232. The highest BCUT2D eigenvalue weighted by Gasteiger charge is 2.49. The van der Waals surface area contributed by atoms with Crippen LogP contribution in [0.5, 0.6) is 0 Å². The molecule has 0 bridgehead atoms. The Bertz CT molecular complexity index is 954. The summed E-state index contributed by atoms with van der Waals surface area (Å²) in [4.78, 5) is 42.5. The van der Waals surface area contributed by atoms with E-state index in [1.807, 2.05) is 20.8 Å². The van der Waals surface area contributed by atoms with Gasteiger partial charge < -0.3 is 33.3 Å². The van der Waals surface area contributed by atoms with E-state index >= 15 is 0 Å². The van der Waals surface area contributed by atoms with Crippen LogP contribution in [0.4, 0.5) is 0 Å². The van der Waals surface area contributed by atoms with Crippen LogP contribution >= 0.6 is 0 Å². The summed E-state index contributed by atoms with van der Waals surface area (Å²) in [6.45, 7) is 14.1. The van der Waals surface area contributed by atoms with E-state index in [4.69, 9.17) is 28.4 Å². The predicted molar refractivity (Wildman–Crippen MR) is 154 cm³/mol. The van der Waals surface area contributed by atoms with E-state index in [0.29, 0.717) is 57.8 Å². The molecule has 42 heavy (non-hydrogen) atoms. The van der Waals surface area contributed by atoms with Crippen molar-refractivity contribution in [2.45, 2.75) is 85.4 Å². The molecule has 0 aromatic heterocycles. The topological polar surface area (TPSA) is 113 Å². The molecule has 3 fully saturated rings. The molecule has 3 heterocycles. The van der Waals surface area contributed by atoms with Gasteiger partial charge in [-0.25, -0.2) is 0 Å². The van der Waals surface area contributed by atoms with Crippen LogP contribution in [0.25, 0.3) is 0 Å². The average Bonchev–Trinajstić information content (AvgIpc) is 3.72. The van der Waals surface area contributed by atoms with Crippen LogP contribution in [0, 0.1) is 40.9 Å². The van der Waals surface area contributed by atoms with E-state index in [9.17, 15) is 14.4 Å². The van der Waals surface area contributed by atoms with Gasteiger partial charge in [0.25, 0.3) is 0 Å². The van der Waals surface area contributed by atoms with Crippen LogP contribution in [0.3, 0.4) is 0 Å². The Labute approximate surface area is 250 Å². The molecule has 0 aromatic rings. The van der Waals surface area contributed by atoms with Crippen molar-refractivity contribution in [2.24, 2.45) is 40.9 Å². The number of rotatable bonds is 16. The maximum Gasteiger partial charge on any atom is 0.312 e. The number of nitrogens with zero attached hydrogens (tertiary/aromatic N) is 1. The zero-order chi connectivity index (χ0) is 30.4. The number of esters is 3. The molecule has 1 aliphatic carbocycles. The van der Waals surface area contributed by atoms with Gasteiger partial charge in [0.1, 0.15) is 12.7 Å². The van der Waals surface area contributed by atoms with Crippen LogP contribution < -0.4 is 0 Å². The second-order valence-corrected chi connectivity index (χ2v) is 13.6. The largest absolute Gasteiger partial charge is 0.463 e. The lowest BCUT2D eigenvalue weighted by atomic mass is 9.66. The van der Waals surface area contributed by atoms with Crippen LogP contribution in [-0.2, 0) is 42.8 Å². The molecule has 8 atom stereocenters. The molecule has 0 aromatic carbocycles. The average molecular weight is 594 g/mol. The van der Waals surface area contributed by atoms with Gasteiger partial charge in [-0.1, -0.05) is 46.8 Å². The van der Waals surface area contributed by atoms with Crippen LogP contribution in [-0.4, -0.2) is 88.1 Å². The second-order valence-electron chi connectivity index (χ2n) is 13.6. The summed E-state index contributed by atoms with van der Waals surface area (Å²) in [7, 11) is 2.08. The van der Waals surface area contributed by atoms with Crippen molar-refractivity contribution in [3.05, 3.63) is 12.2 Å². The first-order valence-electron chi connectivity index (χ1n) is 15.7. The van der Waals surface area contributed by atoms with Gasteiger partial charge in [0.2, 0.25) is 12.6 Å². The molecule has 4 aliphatic rings. The third-order valence-electron chi connectivity index (χ3n) is 9.25. The van der Waals surface area contributed by atoms with Gasteiger partial charge in [-0.05, 0) is 56.0 Å². The molecule has 3 aliphatic heterocycles. The van der Waals surface area contributed by atoms with Crippen molar-refractivity contribution >= 4 is 17.9 Å². The molecule has 10 heteroatoms. The quantitative estimate of drug-likeness (QED) is 0.113. The van der Waals surface area contributed by atoms with Crippen molar-refractivity contribution in [1.29, 1.82) is 0 Å².